The average Bonchev–Trinajstić information content (AvgIpc) is 2.55. The number of esters is 1. The van der Waals surface area contributed by atoms with E-state index in [1.54, 1.807) is 0 Å². The van der Waals surface area contributed by atoms with Crippen LogP contribution in [-0.4, -0.2) is 25.7 Å². The van der Waals surface area contributed by atoms with E-state index < -0.39 is 0 Å². The quantitative estimate of drug-likeness (QED) is 0.808. The third kappa shape index (κ3) is 6.55. The fourth-order valence-electron chi connectivity index (χ4n) is 2.23. The van der Waals surface area contributed by atoms with Gasteiger partial charge in [-0.3, -0.25) is 4.79 Å². The Morgan fingerprint density at radius 1 is 1.00 bits per heavy atom. The van der Waals surface area contributed by atoms with Crippen LogP contribution in [0, 0.1) is 0 Å². The molecule has 1 aliphatic rings. The third-order valence-corrected chi connectivity index (χ3v) is 3.88. The van der Waals surface area contributed by atoms with Crippen LogP contribution in [0.15, 0.2) is 54.6 Å². The largest absolute Gasteiger partial charge is 0.465 e. The summed E-state index contributed by atoms with van der Waals surface area (Å²) >= 11 is 0. The van der Waals surface area contributed by atoms with E-state index in [9.17, 15) is 4.79 Å². The number of ether oxygens (including phenoxy) is 1. The van der Waals surface area contributed by atoms with Crippen molar-refractivity contribution in [2.75, 3.05) is 19.7 Å². The lowest BCUT2D eigenvalue weighted by Crippen LogP contribution is -2.29. The standard InChI is InChI=1S/C18H20O2.C3H7N/c1-2-6-18(19)20-14-13-15-9-11-17(12-10-15)16-7-4-3-5-8-16;1-2-4-3-1/h3-5,7-12H,2,6,13-14H2,1H3;4H,1-3H2. The van der Waals surface area contributed by atoms with Gasteiger partial charge in [0.05, 0.1) is 6.61 Å². The SMILES string of the molecule is C1CNC1.CCCC(=O)OCCc1ccc(-c2ccccc2)cc1. The number of nitrogens with one attached hydrogen (secondary N) is 1. The van der Waals surface area contributed by atoms with Gasteiger partial charge < -0.3 is 10.1 Å². The van der Waals surface area contributed by atoms with Crippen molar-refractivity contribution in [1.82, 2.24) is 5.32 Å². The van der Waals surface area contributed by atoms with Gasteiger partial charge in [0.2, 0.25) is 0 Å². The molecule has 3 nitrogen and oxygen atoms in total. The van der Waals surface area contributed by atoms with Gasteiger partial charge in [-0.05, 0) is 42.6 Å². The van der Waals surface area contributed by atoms with Crippen LogP contribution in [-0.2, 0) is 16.0 Å². The molecule has 1 N–H and O–H groups in total. The van der Waals surface area contributed by atoms with Crippen molar-refractivity contribution < 1.29 is 9.53 Å². The molecule has 3 heteroatoms. The Labute approximate surface area is 145 Å². The summed E-state index contributed by atoms with van der Waals surface area (Å²) in [5.74, 6) is -0.103. The van der Waals surface area contributed by atoms with Crippen LogP contribution < -0.4 is 5.32 Å². The van der Waals surface area contributed by atoms with E-state index in [1.165, 1.54) is 36.2 Å². The molecule has 0 aliphatic carbocycles. The van der Waals surface area contributed by atoms with Gasteiger partial charge in [-0.1, -0.05) is 61.5 Å². The molecule has 2 aromatic rings. The molecule has 0 atom stereocenters. The molecule has 0 spiro atoms. The molecule has 1 saturated heterocycles. The molecule has 1 heterocycles. The van der Waals surface area contributed by atoms with Crippen LogP contribution in [0.4, 0.5) is 0 Å². The summed E-state index contributed by atoms with van der Waals surface area (Å²) in [5.41, 5.74) is 3.61. The first-order valence-electron chi connectivity index (χ1n) is 8.80. The molecule has 24 heavy (non-hydrogen) atoms. The van der Waals surface area contributed by atoms with Crippen molar-refractivity contribution in [2.45, 2.75) is 32.6 Å². The van der Waals surface area contributed by atoms with Crippen molar-refractivity contribution in [1.29, 1.82) is 0 Å². The Hall–Kier alpha value is -2.13. The zero-order chi connectivity index (χ0) is 17.0. The predicted octanol–water partition coefficient (Wildman–Crippen LogP) is 4.22. The lowest BCUT2D eigenvalue weighted by atomic mass is 10.0. The van der Waals surface area contributed by atoms with Gasteiger partial charge in [0, 0.05) is 12.8 Å². The number of carbonyl (C=O) groups excluding carboxylic acids is 1. The molecule has 0 saturated carbocycles. The van der Waals surface area contributed by atoms with Crippen molar-refractivity contribution in [3.8, 4) is 11.1 Å². The molecule has 0 unspecified atom stereocenters. The second kappa shape index (κ2) is 10.6. The topological polar surface area (TPSA) is 38.3 Å². The smallest absolute Gasteiger partial charge is 0.305 e. The highest BCUT2D eigenvalue weighted by atomic mass is 16.5. The van der Waals surface area contributed by atoms with Crippen LogP contribution >= 0.6 is 0 Å². The zero-order valence-electron chi connectivity index (χ0n) is 14.5. The van der Waals surface area contributed by atoms with Crippen LogP contribution in [0.5, 0.6) is 0 Å². The third-order valence-electron chi connectivity index (χ3n) is 3.88. The summed E-state index contributed by atoms with van der Waals surface area (Å²) in [4.78, 5) is 11.3. The first-order valence-corrected chi connectivity index (χ1v) is 8.80. The second-order valence-electron chi connectivity index (χ2n) is 5.89. The van der Waals surface area contributed by atoms with Gasteiger partial charge in [-0.15, -0.1) is 0 Å². The predicted molar refractivity (Wildman–Crippen MR) is 98.9 cm³/mol. The minimum atomic E-state index is -0.103. The molecule has 0 amide bonds. The van der Waals surface area contributed by atoms with Gasteiger partial charge in [0.25, 0.3) is 0 Å². The molecule has 0 radical (unpaired) electrons. The number of hydrogen-bond acceptors (Lipinski definition) is 3. The highest BCUT2D eigenvalue weighted by Gasteiger charge is 2.01. The van der Waals surface area contributed by atoms with Crippen LogP contribution in [0.1, 0.15) is 31.7 Å². The summed E-state index contributed by atoms with van der Waals surface area (Å²) in [6, 6.07) is 18.7. The Kier molecular flexibility index (Phi) is 8.05. The maximum atomic E-state index is 11.3. The maximum Gasteiger partial charge on any atom is 0.305 e. The van der Waals surface area contributed by atoms with Crippen LogP contribution in [0.2, 0.25) is 0 Å². The van der Waals surface area contributed by atoms with Crippen molar-refractivity contribution in [3.05, 3.63) is 60.2 Å². The summed E-state index contributed by atoms with van der Waals surface area (Å²) < 4.78 is 5.16. The van der Waals surface area contributed by atoms with E-state index >= 15 is 0 Å². The van der Waals surface area contributed by atoms with E-state index in [4.69, 9.17) is 4.74 Å². The normalized spacial score (nSPS) is 12.5. The Morgan fingerprint density at radius 3 is 2.12 bits per heavy atom. The molecule has 2 aromatic carbocycles. The highest BCUT2D eigenvalue weighted by molar-refractivity contribution is 5.69. The molecule has 1 aliphatic heterocycles. The Morgan fingerprint density at radius 2 is 1.58 bits per heavy atom. The van der Waals surface area contributed by atoms with E-state index in [0.717, 1.165) is 12.8 Å². The monoisotopic (exact) mass is 325 g/mol. The van der Waals surface area contributed by atoms with Crippen LogP contribution in [0.3, 0.4) is 0 Å². The molecule has 1 fully saturated rings. The van der Waals surface area contributed by atoms with Gasteiger partial charge >= 0.3 is 5.97 Å². The fraction of sp³-hybridized carbons (Fsp3) is 0.381. The molecule has 0 bridgehead atoms. The zero-order valence-corrected chi connectivity index (χ0v) is 14.5. The van der Waals surface area contributed by atoms with Gasteiger partial charge in [0.1, 0.15) is 0 Å². The number of hydrogen-bond donors (Lipinski definition) is 1. The lowest BCUT2D eigenvalue weighted by Gasteiger charge is -2.09. The summed E-state index contributed by atoms with van der Waals surface area (Å²) in [7, 11) is 0. The fourth-order valence-corrected chi connectivity index (χ4v) is 2.23. The van der Waals surface area contributed by atoms with Crippen molar-refractivity contribution in [2.24, 2.45) is 0 Å². The number of carbonyl (C=O) groups is 1. The van der Waals surface area contributed by atoms with Gasteiger partial charge in [0.15, 0.2) is 0 Å². The van der Waals surface area contributed by atoms with E-state index in [-0.39, 0.29) is 5.97 Å². The molecule has 128 valence electrons. The molecular formula is C21H27NO2. The lowest BCUT2D eigenvalue weighted by molar-refractivity contribution is -0.143. The summed E-state index contributed by atoms with van der Waals surface area (Å²) in [6.45, 7) is 4.94. The van der Waals surface area contributed by atoms with Crippen molar-refractivity contribution in [3.63, 3.8) is 0 Å². The van der Waals surface area contributed by atoms with E-state index in [1.807, 2.05) is 25.1 Å². The Bertz CT molecular complexity index is 585. The molecule has 0 aromatic heterocycles. The maximum absolute atomic E-state index is 11.3. The first-order chi connectivity index (χ1) is 11.8. The highest BCUT2D eigenvalue weighted by Crippen LogP contribution is 2.19. The average molecular weight is 325 g/mol. The summed E-state index contributed by atoms with van der Waals surface area (Å²) in [5, 5.41) is 3.11. The first kappa shape index (κ1) is 18.2. The van der Waals surface area contributed by atoms with E-state index in [0.29, 0.717) is 13.0 Å². The number of benzene rings is 2. The van der Waals surface area contributed by atoms with Crippen LogP contribution in [0.25, 0.3) is 11.1 Å². The van der Waals surface area contributed by atoms with Gasteiger partial charge in [-0.25, -0.2) is 0 Å². The minimum absolute atomic E-state index is 0.103. The summed E-state index contributed by atoms with van der Waals surface area (Å²) in [6.07, 6.45) is 3.50. The molecular weight excluding hydrogens is 298 g/mol. The van der Waals surface area contributed by atoms with Crippen molar-refractivity contribution >= 4 is 5.97 Å². The number of rotatable bonds is 6. The minimum Gasteiger partial charge on any atom is -0.465 e. The van der Waals surface area contributed by atoms with Gasteiger partial charge in [-0.2, -0.15) is 0 Å². The van der Waals surface area contributed by atoms with E-state index in [2.05, 4.69) is 41.7 Å². The Balaban J connectivity index is 0.000000454. The second-order valence-corrected chi connectivity index (χ2v) is 5.89. The molecule has 3 rings (SSSR count).